The van der Waals surface area contributed by atoms with Crippen LogP contribution in [0.1, 0.15) is 20.3 Å². The van der Waals surface area contributed by atoms with Crippen molar-refractivity contribution in [3.8, 4) is 0 Å². The van der Waals surface area contributed by atoms with Gasteiger partial charge in [-0.2, -0.15) is 0 Å². The maximum atomic E-state index is 3.57. The highest BCUT2D eigenvalue weighted by Crippen LogP contribution is 2.16. The number of nitrogens with zero attached hydrogens (tertiary/aromatic N) is 2. The molecule has 0 aromatic rings. The first-order valence-corrected chi connectivity index (χ1v) is 6.03. The molecule has 2 rings (SSSR count). The van der Waals surface area contributed by atoms with E-state index in [1.807, 2.05) is 0 Å². The normalized spacial score (nSPS) is 31.7. The summed E-state index contributed by atoms with van der Waals surface area (Å²) in [6, 6.07) is 1.59. The lowest BCUT2D eigenvalue weighted by Gasteiger charge is -2.48. The summed E-state index contributed by atoms with van der Waals surface area (Å²) < 4.78 is 0. The van der Waals surface area contributed by atoms with E-state index in [2.05, 4.69) is 29.0 Å². The van der Waals surface area contributed by atoms with Gasteiger partial charge in [0.15, 0.2) is 0 Å². The van der Waals surface area contributed by atoms with Gasteiger partial charge < -0.3 is 10.2 Å². The molecule has 0 bridgehead atoms. The summed E-state index contributed by atoms with van der Waals surface area (Å²) in [6.07, 6.45) is 1.26. The Morgan fingerprint density at radius 3 is 2.64 bits per heavy atom. The molecule has 2 heterocycles. The van der Waals surface area contributed by atoms with Crippen LogP contribution in [-0.2, 0) is 0 Å². The molecule has 0 aliphatic carbocycles. The second-order valence-electron chi connectivity index (χ2n) is 4.56. The van der Waals surface area contributed by atoms with Gasteiger partial charge in [-0.25, -0.2) is 0 Å². The highest BCUT2D eigenvalue weighted by Gasteiger charge is 2.32. The standard InChI is InChI=1S/C11H23N3/c1-3-10-7-14(6-5-12-10)11-8-13(4-2)9-11/h10-12H,3-9H2,1-2H3. The second kappa shape index (κ2) is 4.60. The van der Waals surface area contributed by atoms with Crippen LogP contribution in [0.3, 0.4) is 0 Å². The molecule has 0 radical (unpaired) electrons. The maximum absolute atomic E-state index is 3.57. The number of hydrogen-bond donors (Lipinski definition) is 1. The van der Waals surface area contributed by atoms with E-state index in [-0.39, 0.29) is 0 Å². The van der Waals surface area contributed by atoms with Gasteiger partial charge >= 0.3 is 0 Å². The minimum atomic E-state index is 0.736. The topological polar surface area (TPSA) is 18.5 Å². The van der Waals surface area contributed by atoms with Crippen molar-refractivity contribution in [2.75, 3.05) is 39.3 Å². The fourth-order valence-electron chi connectivity index (χ4n) is 2.49. The molecule has 1 atom stereocenters. The van der Waals surface area contributed by atoms with Crippen LogP contribution in [0.15, 0.2) is 0 Å². The number of hydrogen-bond acceptors (Lipinski definition) is 3. The monoisotopic (exact) mass is 197 g/mol. The van der Waals surface area contributed by atoms with Crippen LogP contribution in [-0.4, -0.2) is 61.2 Å². The number of piperazine rings is 1. The molecule has 2 saturated heterocycles. The number of likely N-dealkylation sites (N-methyl/N-ethyl adjacent to an activating group) is 1. The van der Waals surface area contributed by atoms with Crippen LogP contribution in [0.5, 0.6) is 0 Å². The first-order chi connectivity index (χ1) is 6.83. The number of rotatable bonds is 3. The molecule has 2 aliphatic rings. The summed E-state index contributed by atoms with van der Waals surface area (Å²) >= 11 is 0. The Labute approximate surface area is 87.4 Å². The molecular weight excluding hydrogens is 174 g/mol. The minimum absolute atomic E-state index is 0.736. The zero-order chi connectivity index (χ0) is 9.97. The molecule has 2 aliphatic heterocycles. The van der Waals surface area contributed by atoms with Crippen molar-refractivity contribution in [1.82, 2.24) is 15.1 Å². The molecule has 14 heavy (non-hydrogen) atoms. The predicted octanol–water partition coefficient (Wildman–Crippen LogP) is 0.374. The van der Waals surface area contributed by atoms with Crippen LogP contribution < -0.4 is 5.32 Å². The Bertz CT molecular complexity index is 177. The van der Waals surface area contributed by atoms with Gasteiger partial charge in [-0.3, -0.25) is 4.90 Å². The van der Waals surface area contributed by atoms with Crippen LogP contribution in [0.2, 0.25) is 0 Å². The summed E-state index contributed by atoms with van der Waals surface area (Å²) in [4.78, 5) is 5.20. The van der Waals surface area contributed by atoms with Crippen molar-refractivity contribution in [2.45, 2.75) is 32.4 Å². The quantitative estimate of drug-likeness (QED) is 0.705. The molecule has 0 aromatic heterocycles. The molecule has 0 amide bonds. The van der Waals surface area contributed by atoms with Crippen molar-refractivity contribution in [3.63, 3.8) is 0 Å². The summed E-state index contributed by atoms with van der Waals surface area (Å²) in [5, 5.41) is 3.57. The third kappa shape index (κ3) is 2.10. The molecule has 3 nitrogen and oxygen atoms in total. The minimum Gasteiger partial charge on any atom is -0.311 e. The van der Waals surface area contributed by atoms with Gasteiger partial charge in [0.25, 0.3) is 0 Å². The van der Waals surface area contributed by atoms with E-state index in [9.17, 15) is 0 Å². The predicted molar refractivity (Wildman–Crippen MR) is 59.6 cm³/mol. The van der Waals surface area contributed by atoms with E-state index in [4.69, 9.17) is 0 Å². The van der Waals surface area contributed by atoms with E-state index < -0.39 is 0 Å². The molecule has 0 spiro atoms. The zero-order valence-corrected chi connectivity index (χ0v) is 9.50. The molecule has 2 fully saturated rings. The highest BCUT2D eigenvalue weighted by molar-refractivity contribution is 4.91. The van der Waals surface area contributed by atoms with Gasteiger partial charge in [0, 0.05) is 44.8 Å². The van der Waals surface area contributed by atoms with Crippen LogP contribution in [0.25, 0.3) is 0 Å². The SMILES string of the molecule is CCC1CN(C2CN(CC)C2)CCN1. The number of nitrogens with one attached hydrogen (secondary N) is 1. The summed E-state index contributed by atoms with van der Waals surface area (Å²) in [5.74, 6) is 0. The van der Waals surface area contributed by atoms with E-state index in [0.717, 1.165) is 12.1 Å². The molecule has 1 unspecified atom stereocenters. The average Bonchev–Trinajstić information content (AvgIpc) is 2.17. The van der Waals surface area contributed by atoms with Crippen molar-refractivity contribution in [2.24, 2.45) is 0 Å². The fraction of sp³-hybridized carbons (Fsp3) is 1.00. The van der Waals surface area contributed by atoms with Crippen LogP contribution >= 0.6 is 0 Å². The van der Waals surface area contributed by atoms with Crippen LogP contribution in [0, 0.1) is 0 Å². The van der Waals surface area contributed by atoms with E-state index in [1.54, 1.807) is 0 Å². The Morgan fingerprint density at radius 2 is 2.00 bits per heavy atom. The lowest BCUT2D eigenvalue weighted by Crippen LogP contribution is -2.64. The van der Waals surface area contributed by atoms with Gasteiger partial charge in [0.1, 0.15) is 0 Å². The van der Waals surface area contributed by atoms with E-state index in [0.29, 0.717) is 0 Å². The highest BCUT2D eigenvalue weighted by atomic mass is 15.3. The first kappa shape index (κ1) is 10.4. The molecule has 82 valence electrons. The number of likely N-dealkylation sites (tertiary alicyclic amines) is 1. The lowest BCUT2D eigenvalue weighted by molar-refractivity contribution is 0.0208. The van der Waals surface area contributed by atoms with Gasteiger partial charge in [-0.15, -0.1) is 0 Å². The van der Waals surface area contributed by atoms with E-state index in [1.165, 1.54) is 45.7 Å². The maximum Gasteiger partial charge on any atom is 0.0351 e. The molecule has 3 heteroatoms. The van der Waals surface area contributed by atoms with Crippen molar-refractivity contribution >= 4 is 0 Å². The van der Waals surface area contributed by atoms with Gasteiger partial charge in [-0.05, 0) is 13.0 Å². The van der Waals surface area contributed by atoms with Gasteiger partial charge in [0.2, 0.25) is 0 Å². The first-order valence-electron chi connectivity index (χ1n) is 6.03. The molecule has 1 N–H and O–H groups in total. The van der Waals surface area contributed by atoms with Crippen LogP contribution in [0.4, 0.5) is 0 Å². The Morgan fingerprint density at radius 1 is 1.21 bits per heavy atom. The van der Waals surface area contributed by atoms with Crippen molar-refractivity contribution in [3.05, 3.63) is 0 Å². The van der Waals surface area contributed by atoms with Crippen molar-refractivity contribution < 1.29 is 0 Å². The van der Waals surface area contributed by atoms with Gasteiger partial charge in [-0.1, -0.05) is 13.8 Å². The average molecular weight is 197 g/mol. The molecule has 0 saturated carbocycles. The summed E-state index contributed by atoms with van der Waals surface area (Å²) in [7, 11) is 0. The third-order valence-electron chi connectivity index (χ3n) is 3.68. The van der Waals surface area contributed by atoms with E-state index >= 15 is 0 Å². The summed E-state index contributed by atoms with van der Waals surface area (Å²) in [5.41, 5.74) is 0. The lowest BCUT2D eigenvalue weighted by atomic mass is 10.0. The fourth-order valence-corrected chi connectivity index (χ4v) is 2.49. The Hall–Kier alpha value is -0.120. The summed E-state index contributed by atoms with van der Waals surface area (Å²) in [6.45, 7) is 12.0. The van der Waals surface area contributed by atoms with Gasteiger partial charge in [0.05, 0.1) is 0 Å². The largest absolute Gasteiger partial charge is 0.311 e. The Balaban J connectivity index is 1.75. The smallest absolute Gasteiger partial charge is 0.0351 e. The second-order valence-corrected chi connectivity index (χ2v) is 4.56. The zero-order valence-electron chi connectivity index (χ0n) is 9.50. The molecular formula is C11H23N3. The van der Waals surface area contributed by atoms with Crippen molar-refractivity contribution in [1.29, 1.82) is 0 Å². The Kier molecular flexibility index (Phi) is 3.42. The third-order valence-corrected chi connectivity index (χ3v) is 3.68. The molecule has 0 aromatic carbocycles.